The zero-order chi connectivity index (χ0) is 24.2. The number of hydrogen-bond donors (Lipinski definition) is 1. The van der Waals surface area contributed by atoms with Gasteiger partial charge in [0.15, 0.2) is 0 Å². The molecular formula is C24H26FN5O4. The smallest absolute Gasteiger partial charge is 0.270 e. The lowest BCUT2D eigenvalue weighted by Gasteiger charge is -2.34. The second-order valence-electron chi connectivity index (χ2n) is 8.19. The standard InChI is InChI=1S/C24H26FN5O4/c1-34-19-4-2-3-16(13-19)14-22(31)28-9-11-29(12-10-28)24(33)20-15-21(23(26)32)30(27-20)18-7-5-17(25)6-8-18/h2-8,13,21H,9-12,14-15H2,1H3,(H2,26,32). The number of nitrogens with zero attached hydrogens (tertiary/aromatic N) is 4. The Labute approximate surface area is 196 Å². The molecule has 0 saturated carbocycles. The number of piperazine rings is 1. The van der Waals surface area contributed by atoms with Crippen molar-refractivity contribution in [2.24, 2.45) is 10.8 Å². The molecule has 1 fully saturated rings. The van der Waals surface area contributed by atoms with E-state index < -0.39 is 17.8 Å². The van der Waals surface area contributed by atoms with E-state index >= 15 is 0 Å². The Bertz CT molecular complexity index is 1110. The molecule has 2 aliphatic heterocycles. The number of primary amides is 1. The topological polar surface area (TPSA) is 109 Å². The molecule has 0 bridgehead atoms. The van der Waals surface area contributed by atoms with Crippen molar-refractivity contribution < 1.29 is 23.5 Å². The first-order valence-corrected chi connectivity index (χ1v) is 11.0. The van der Waals surface area contributed by atoms with E-state index in [-0.39, 0.29) is 30.4 Å². The maximum Gasteiger partial charge on any atom is 0.270 e. The molecule has 0 radical (unpaired) electrons. The summed E-state index contributed by atoms with van der Waals surface area (Å²) in [7, 11) is 1.58. The molecule has 0 aromatic heterocycles. The van der Waals surface area contributed by atoms with Crippen molar-refractivity contribution in [1.82, 2.24) is 9.80 Å². The molecule has 178 valence electrons. The Morgan fingerprint density at radius 1 is 1.06 bits per heavy atom. The number of halogens is 1. The van der Waals surface area contributed by atoms with Gasteiger partial charge in [-0.1, -0.05) is 12.1 Å². The molecule has 2 aliphatic rings. The summed E-state index contributed by atoms with van der Waals surface area (Å²) in [6.45, 7) is 1.53. The number of hydrogen-bond acceptors (Lipinski definition) is 6. The Balaban J connectivity index is 1.37. The van der Waals surface area contributed by atoms with Gasteiger partial charge >= 0.3 is 0 Å². The predicted molar refractivity (Wildman–Crippen MR) is 124 cm³/mol. The van der Waals surface area contributed by atoms with Gasteiger partial charge in [0.05, 0.1) is 19.2 Å². The summed E-state index contributed by atoms with van der Waals surface area (Å²) in [4.78, 5) is 41.1. The van der Waals surface area contributed by atoms with Crippen LogP contribution in [0.25, 0.3) is 0 Å². The first-order chi connectivity index (χ1) is 16.4. The van der Waals surface area contributed by atoms with Crippen LogP contribution in [0.1, 0.15) is 12.0 Å². The van der Waals surface area contributed by atoms with E-state index in [1.54, 1.807) is 16.9 Å². The van der Waals surface area contributed by atoms with E-state index in [0.717, 1.165) is 5.56 Å². The van der Waals surface area contributed by atoms with Gasteiger partial charge in [0, 0.05) is 32.6 Å². The third-order valence-corrected chi connectivity index (χ3v) is 5.99. The number of anilines is 1. The van der Waals surface area contributed by atoms with E-state index in [0.29, 0.717) is 37.6 Å². The Hall–Kier alpha value is -3.95. The molecule has 1 atom stereocenters. The number of ether oxygens (including phenoxy) is 1. The fraction of sp³-hybridized carbons (Fsp3) is 0.333. The molecule has 4 rings (SSSR count). The number of benzene rings is 2. The van der Waals surface area contributed by atoms with Crippen LogP contribution in [0.4, 0.5) is 10.1 Å². The molecule has 0 spiro atoms. The maximum absolute atomic E-state index is 13.3. The molecule has 1 unspecified atom stereocenters. The Morgan fingerprint density at radius 3 is 2.38 bits per heavy atom. The minimum atomic E-state index is -0.824. The van der Waals surface area contributed by atoms with Gasteiger partial charge < -0.3 is 20.3 Å². The van der Waals surface area contributed by atoms with Gasteiger partial charge in [-0.2, -0.15) is 5.10 Å². The van der Waals surface area contributed by atoms with Crippen molar-refractivity contribution in [3.05, 3.63) is 59.9 Å². The van der Waals surface area contributed by atoms with Crippen LogP contribution in [-0.4, -0.2) is 72.6 Å². The zero-order valence-electron chi connectivity index (χ0n) is 18.8. The van der Waals surface area contributed by atoms with E-state index in [4.69, 9.17) is 10.5 Å². The molecule has 0 aliphatic carbocycles. The summed E-state index contributed by atoms with van der Waals surface area (Å²) in [6.07, 6.45) is 0.325. The van der Waals surface area contributed by atoms with E-state index in [1.165, 1.54) is 29.3 Å². The van der Waals surface area contributed by atoms with Crippen molar-refractivity contribution >= 4 is 29.1 Å². The number of carbonyl (C=O) groups is 3. The zero-order valence-corrected chi connectivity index (χ0v) is 18.8. The summed E-state index contributed by atoms with van der Waals surface area (Å²) >= 11 is 0. The van der Waals surface area contributed by atoms with Crippen LogP contribution in [0, 0.1) is 5.82 Å². The van der Waals surface area contributed by atoms with Crippen LogP contribution in [0.5, 0.6) is 5.75 Å². The highest BCUT2D eigenvalue weighted by Gasteiger charge is 2.37. The molecule has 1 saturated heterocycles. The fourth-order valence-corrected chi connectivity index (χ4v) is 4.10. The molecule has 2 aromatic carbocycles. The van der Waals surface area contributed by atoms with E-state index in [2.05, 4.69) is 5.10 Å². The summed E-state index contributed by atoms with van der Waals surface area (Å²) in [5.74, 6) is -0.658. The summed E-state index contributed by atoms with van der Waals surface area (Å²) in [5.41, 5.74) is 7.07. The van der Waals surface area contributed by atoms with Crippen molar-refractivity contribution in [3.63, 3.8) is 0 Å². The van der Waals surface area contributed by atoms with Crippen LogP contribution < -0.4 is 15.5 Å². The molecule has 9 nitrogen and oxygen atoms in total. The molecule has 3 amide bonds. The van der Waals surface area contributed by atoms with Gasteiger partial charge in [-0.05, 0) is 42.0 Å². The lowest BCUT2D eigenvalue weighted by molar-refractivity contribution is -0.136. The molecular weight excluding hydrogens is 441 g/mol. The Morgan fingerprint density at radius 2 is 1.74 bits per heavy atom. The van der Waals surface area contributed by atoms with Crippen LogP contribution in [-0.2, 0) is 20.8 Å². The second kappa shape index (κ2) is 9.90. The second-order valence-corrected chi connectivity index (χ2v) is 8.19. The van der Waals surface area contributed by atoms with Crippen LogP contribution >= 0.6 is 0 Å². The summed E-state index contributed by atoms with van der Waals surface area (Å²) in [5, 5.41) is 5.70. The van der Waals surface area contributed by atoms with E-state index in [9.17, 15) is 18.8 Å². The van der Waals surface area contributed by atoms with Crippen LogP contribution in [0.3, 0.4) is 0 Å². The van der Waals surface area contributed by atoms with Crippen molar-refractivity contribution in [3.8, 4) is 5.75 Å². The van der Waals surface area contributed by atoms with Gasteiger partial charge in [0.1, 0.15) is 23.3 Å². The molecule has 2 heterocycles. The SMILES string of the molecule is COc1cccc(CC(=O)N2CCN(C(=O)C3=NN(c4ccc(F)cc4)C(C(N)=O)C3)CC2)c1. The number of rotatable bonds is 6. The lowest BCUT2D eigenvalue weighted by Crippen LogP contribution is -2.52. The number of carbonyl (C=O) groups excluding carboxylic acids is 3. The van der Waals surface area contributed by atoms with Gasteiger partial charge in [-0.3, -0.25) is 19.4 Å². The minimum absolute atomic E-state index is 0.0187. The largest absolute Gasteiger partial charge is 0.497 e. The number of amides is 3. The van der Waals surface area contributed by atoms with Gasteiger partial charge in [-0.25, -0.2) is 4.39 Å². The molecule has 10 heteroatoms. The quantitative estimate of drug-likeness (QED) is 0.686. The molecule has 34 heavy (non-hydrogen) atoms. The molecule has 2 aromatic rings. The number of nitrogens with two attached hydrogens (primary N) is 1. The fourth-order valence-electron chi connectivity index (χ4n) is 4.10. The highest BCUT2D eigenvalue weighted by Crippen LogP contribution is 2.25. The van der Waals surface area contributed by atoms with E-state index in [1.807, 2.05) is 24.3 Å². The summed E-state index contributed by atoms with van der Waals surface area (Å²) < 4.78 is 18.5. The highest BCUT2D eigenvalue weighted by atomic mass is 19.1. The first-order valence-electron chi connectivity index (χ1n) is 11.0. The average molecular weight is 468 g/mol. The monoisotopic (exact) mass is 467 g/mol. The number of hydrazone groups is 1. The summed E-state index contributed by atoms with van der Waals surface area (Å²) in [6, 6.07) is 12.0. The Kier molecular flexibility index (Phi) is 6.76. The van der Waals surface area contributed by atoms with Crippen molar-refractivity contribution in [1.29, 1.82) is 0 Å². The van der Waals surface area contributed by atoms with Gasteiger partial charge in [0.2, 0.25) is 11.8 Å². The van der Waals surface area contributed by atoms with Gasteiger partial charge in [0.25, 0.3) is 5.91 Å². The average Bonchev–Trinajstić information content (AvgIpc) is 3.30. The minimum Gasteiger partial charge on any atom is -0.497 e. The third kappa shape index (κ3) is 5.00. The van der Waals surface area contributed by atoms with Gasteiger partial charge in [-0.15, -0.1) is 0 Å². The lowest BCUT2D eigenvalue weighted by atomic mass is 10.1. The van der Waals surface area contributed by atoms with Crippen molar-refractivity contribution in [2.75, 3.05) is 38.3 Å². The van der Waals surface area contributed by atoms with Crippen molar-refractivity contribution in [2.45, 2.75) is 18.9 Å². The van der Waals surface area contributed by atoms with Crippen LogP contribution in [0.2, 0.25) is 0 Å². The highest BCUT2D eigenvalue weighted by molar-refractivity contribution is 6.40. The first kappa shape index (κ1) is 23.2. The van der Waals surface area contributed by atoms with Crippen LogP contribution in [0.15, 0.2) is 53.6 Å². The third-order valence-electron chi connectivity index (χ3n) is 5.99. The molecule has 2 N–H and O–H groups in total. The maximum atomic E-state index is 13.3. The number of methoxy groups -OCH3 is 1. The normalized spacial score (nSPS) is 18.0. The predicted octanol–water partition coefficient (Wildman–Crippen LogP) is 1.17.